The maximum absolute atomic E-state index is 6.28. The zero-order chi connectivity index (χ0) is 13.6. The molecule has 1 aliphatic heterocycles. The van der Waals surface area contributed by atoms with Crippen molar-refractivity contribution in [2.24, 2.45) is 5.92 Å². The van der Waals surface area contributed by atoms with Crippen LogP contribution in [0.15, 0.2) is 18.2 Å². The summed E-state index contributed by atoms with van der Waals surface area (Å²) in [6.45, 7) is 8.85. The topological polar surface area (TPSA) is 15.3 Å². The monoisotopic (exact) mass is 278 g/mol. The van der Waals surface area contributed by atoms with Crippen molar-refractivity contribution in [3.8, 4) is 0 Å². The highest BCUT2D eigenvalue weighted by molar-refractivity contribution is 6.31. The average Bonchev–Trinajstić information content (AvgIpc) is 3.21. The second kappa shape index (κ2) is 4.68. The van der Waals surface area contributed by atoms with E-state index in [2.05, 4.69) is 49.2 Å². The van der Waals surface area contributed by atoms with Gasteiger partial charge in [-0.25, -0.2) is 0 Å². The van der Waals surface area contributed by atoms with Crippen molar-refractivity contribution in [1.29, 1.82) is 0 Å². The molecule has 0 radical (unpaired) electrons. The lowest BCUT2D eigenvalue weighted by atomic mass is 9.91. The lowest BCUT2D eigenvalue weighted by molar-refractivity contribution is 0.261. The van der Waals surface area contributed by atoms with Gasteiger partial charge in [-0.1, -0.05) is 17.7 Å². The summed E-state index contributed by atoms with van der Waals surface area (Å²) in [7, 11) is 0. The van der Waals surface area contributed by atoms with Crippen LogP contribution in [0.25, 0.3) is 0 Å². The molecule has 1 aromatic carbocycles. The second-order valence-corrected chi connectivity index (χ2v) is 6.89. The first-order chi connectivity index (χ1) is 8.99. The normalized spacial score (nSPS) is 31.6. The number of hydrogen-bond donors (Lipinski definition) is 1. The standard InChI is InChI=1S/C16H23ClN2/c1-11-4-7-14(8-15(11)17)19-10-16(3,13-5-6-13)18-9-12(19)2/h4,7-8,12-13,18H,5-6,9-10H2,1-3H3. The van der Waals surface area contributed by atoms with Gasteiger partial charge in [-0.15, -0.1) is 0 Å². The fourth-order valence-corrected chi connectivity index (χ4v) is 3.33. The predicted octanol–water partition coefficient (Wildman–Crippen LogP) is 3.62. The van der Waals surface area contributed by atoms with Gasteiger partial charge in [-0.05, 0) is 57.2 Å². The van der Waals surface area contributed by atoms with Crippen molar-refractivity contribution < 1.29 is 0 Å². The third kappa shape index (κ3) is 2.48. The smallest absolute Gasteiger partial charge is 0.0455 e. The van der Waals surface area contributed by atoms with E-state index in [0.29, 0.717) is 6.04 Å². The van der Waals surface area contributed by atoms with Crippen molar-refractivity contribution in [2.45, 2.75) is 45.2 Å². The summed E-state index contributed by atoms with van der Waals surface area (Å²) < 4.78 is 0. The van der Waals surface area contributed by atoms with E-state index in [4.69, 9.17) is 11.6 Å². The molecule has 2 atom stereocenters. The summed E-state index contributed by atoms with van der Waals surface area (Å²) in [5.74, 6) is 0.850. The molecule has 2 nitrogen and oxygen atoms in total. The highest BCUT2D eigenvalue weighted by Gasteiger charge is 2.45. The molecule has 3 rings (SSSR count). The number of nitrogens with one attached hydrogen (secondary N) is 1. The van der Waals surface area contributed by atoms with E-state index in [1.807, 2.05) is 0 Å². The van der Waals surface area contributed by atoms with Crippen LogP contribution < -0.4 is 10.2 Å². The van der Waals surface area contributed by atoms with E-state index in [1.165, 1.54) is 18.5 Å². The van der Waals surface area contributed by atoms with E-state index in [9.17, 15) is 0 Å². The summed E-state index contributed by atoms with van der Waals surface area (Å²) in [5.41, 5.74) is 2.68. The van der Waals surface area contributed by atoms with Crippen LogP contribution in [0.5, 0.6) is 0 Å². The largest absolute Gasteiger partial charge is 0.366 e. The van der Waals surface area contributed by atoms with Gasteiger partial charge in [0.05, 0.1) is 0 Å². The molecule has 0 spiro atoms. The van der Waals surface area contributed by atoms with Crippen LogP contribution in [0.2, 0.25) is 5.02 Å². The van der Waals surface area contributed by atoms with Gasteiger partial charge < -0.3 is 10.2 Å². The van der Waals surface area contributed by atoms with Gasteiger partial charge in [-0.3, -0.25) is 0 Å². The highest BCUT2D eigenvalue weighted by atomic mass is 35.5. The number of piperazine rings is 1. The Morgan fingerprint density at radius 1 is 1.37 bits per heavy atom. The minimum Gasteiger partial charge on any atom is -0.366 e. The molecule has 0 amide bonds. The van der Waals surface area contributed by atoms with Gasteiger partial charge in [-0.2, -0.15) is 0 Å². The molecule has 104 valence electrons. The third-order valence-electron chi connectivity index (χ3n) is 4.80. The minimum absolute atomic E-state index is 0.268. The molecule has 1 saturated heterocycles. The highest BCUT2D eigenvalue weighted by Crippen LogP contribution is 2.42. The number of nitrogens with zero attached hydrogens (tertiary/aromatic N) is 1. The Hall–Kier alpha value is -0.730. The first-order valence-electron chi connectivity index (χ1n) is 7.27. The van der Waals surface area contributed by atoms with E-state index in [-0.39, 0.29) is 5.54 Å². The zero-order valence-electron chi connectivity index (χ0n) is 12.0. The average molecular weight is 279 g/mol. The molecular weight excluding hydrogens is 256 g/mol. The molecule has 19 heavy (non-hydrogen) atoms. The van der Waals surface area contributed by atoms with Gasteiger partial charge >= 0.3 is 0 Å². The molecular formula is C16H23ClN2. The maximum atomic E-state index is 6.28. The zero-order valence-corrected chi connectivity index (χ0v) is 12.8. The fourth-order valence-electron chi connectivity index (χ4n) is 3.16. The Morgan fingerprint density at radius 3 is 2.74 bits per heavy atom. The Labute approximate surface area is 121 Å². The number of hydrogen-bond acceptors (Lipinski definition) is 2. The van der Waals surface area contributed by atoms with E-state index in [1.54, 1.807) is 0 Å². The van der Waals surface area contributed by atoms with Crippen molar-refractivity contribution in [2.75, 3.05) is 18.0 Å². The first-order valence-corrected chi connectivity index (χ1v) is 7.65. The molecule has 1 N–H and O–H groups in total. The quantitative estimate of drug-likeness (QED) is 0.889. The fraction of sp³-hybridized carbons (Fsp3) is 0.625. The molecule has 3 heteroatoms. The summed E-state index contributed by atoms with van der Waals surface area (Å²) in [6.07, 6.45) is 2.75. The van der Waals surface area contributed by atoms with E-state index < -0.39 is 0 Å². The molecule has 1 aromatic rings. The number of rotatable bonds is 2. The summed E-state index contributed by atoms with van der Waals surface area (Å²) >= 11 is 6.28. The summed E-state index contributed by atoms with van der Waals surface area (Å²) in [4.78, 5) is 2.51. The molecule has 1 aliphatic carbocycles. The first kappa shape index (κ1) is 13.3. The van der Waals surface area contributed by atoms with Gasteiger partial charge in [0.15, 0.2) is 0 Å². The lowest BCUT2D eigenvalue weighted by Gasteiger charge is -2.47. The number of halogens is 1. The Bertz CT molecular complexity index is 484. The third-order valence-corrected chi connectivity index (χ3v) is 5.20. The van der Waals surface area contributed by atoms with Crippen molar-refractivity contribution in [1.82, 2.24) is 5.32 Å². The summed E-state index contributed by atoms with van der Waals surface area (Å²) in [6, 6.07) is 6.97. The number of anilines is 1. The van der Waals surface area contributed by atoms with Crippen LogP contribution in [0.1, 0.15) is 32.3 Å². The van der Waals surface area contributed by atoms with Crippen LogP contribution >= 0.6 is 11.6 Å². The van der Waals surface area contributed by atoms with Crippen LogP contribution in [0.3, 0.4) is 0 Å². The lowest BCUT2D eigenvalue weighted by Crippen LogP contribution is -2.63. The van der Waals surface area contributed by atoms with Crippen LogP contribution in [0.4, 0.5) is 5.69 Å². The molecule has 1 heterocycles. The summed E-state index contributed by atoms with van der Waals surface area (Å²) in [5, 5.41) is 4.63. The molecule has 0 aromatic heterocycles. The van der Waals surface area contributed by atoms with Crippen molar-refractivity contribution in [3.63, 3.8) is 0 Å². The Balaban J connectivity index is 1.86. The van der Waals surface area contributed by atoms with Crippen LogP contribution in [0, 0.1) is 12.8 Å². The maximum Gasteiger partial charge on any atom is 0.0455 e. The van der Waals surface area contributed by atoms with E-state index in [0.717, 1.165) is 29.6 Å². The van der Waals surface area contributed by atoms with Crippen LogP contribution in [-0.4, -0.2) is 24.7 Å². The van der Waals surface area contributed by atoms with Crippen LogP contribution in [-0.2, 0) is 0 Å². The number of benzene rings is 1. The molecule has 0 bridgehead atoms. The van der Waals surface area contributed by atoms with Gasteiger partial charge in [0.25, 0.3) is 0 Å². The van der Waals surface area contributed by atoms with Gasteiger partial charge in [0, 0.05) is 35.4 Å². The predicted molar refractivity (Wildman–Crippen MR) is 82.1 cm³/mol. The minimum atomic E-state index is 0.268. The van der Waals surface area contributed by atoms with Gasteiger partial charge in [0.2, 0.25) is 0 Å². The molecule has 2 unspecified atom stereocenters. The van der Waals surface area contributed by atoms with Crippen molar-refractivity contribution in [3.05, 3.63) is 28.8 Å². The molecule has 2 fully saturated rings. The SMILES string of the molecule is Cc1ccc(N2CC(C)(C3CC3)NCC2C)cc1Cl. The van der Waals surface area contributed by atoms with E-state index >= 15 is 0 Å². The second-order valence-electron chi connectivity index (χ2n) is 6.48. The van der Waals surface area contributed by atoms with Crippen molar-refractivity contribution >= 4 is 17.3 Å². The molecule has 1 saturated carbocycles. The van der Waals surface area contributed by atoms with Gasteiger partial charge in [0.1, 0.15) is 0 Å². The molecule has 2 aliphatic rings. The Morgan fingerprint density at radius 2 is 2.11 bits per heavy atom. The Kier molecular flexibility index (Phi) is 3.26. The number of aryl methyl sites for hydroxylation is 1.